The summed E-state index contributed by atoms with van der Waals surface area (Å²) in [5.41, 5.74) is 1.75. The molecule has 1 heterocycles. The van der Waals surface area contributed by atoms with E-state index >= 15 is 0 Å². The van der Waals surface area contributed by atoms with Gasteiger partial charge in [-0.2, -0.15) is 0 Å². The van der Waals surface area contributed by atoms with Crippen molar-refractivity contribution in [2.24, 2.45) is 7.05 Å². The standard InChI is InChI=1S/C17H15Cl2FN4/c1-23(14-7-5-13(20)6-8-14)17-22-21-16(24(17)2)9-11-3-4-12(18)10-15(11)19/h3-8,10H,9H2,1-2H3. The average Bonchev–Trinajstić information content (AvgIpc) is 2.91. The predicted molar refractivity (Wildman–Crippen MR) is 94.7 cm³/mol. The minimum Gasteiger partial charge on any atom is -0.314 e. The zero-order valence-corrected chi connectivity index (χ0v) is 14.7. The van der Waals surface area contributed by atoms with Crippen LogP contribution < -0.4 is 4.90 Å². The van der Waals surface area contributed by atoms with Crippen LogP contribution in [0.2, 0.25) is 10.0 Å². The molecule has 4 nitrogen and oxygen atoms in total. The third kappa shape index (κ3) is 3.37. The maximum Gasteiger partial charge on any atom is 0.231 e. The quantitative estimate of drug-likeness (QED) is 0.677. The zero-order valence-electron chi connectivity index (χ0n) is 13.2. The van der Waals surface area contributed by atoms with Gasteiger partial charge in [0.1, 0.15) is 11.6 Å². The number of benzene rings is 2. The topological polar surface area (TPSA) is 34.0 Å². The van der Waals surface area contributed by atoms with Gasteiger partial charge in [0.2, 0.25) is 5.95 Å². The lowest BCUT2D eigenvalue weighted by atomic mass is 10.1. The molecular weight excluding hydrogens is 350 g/mol. The first-order valence-electron chi connectivity index (χ1n) is 7.27. The minimum absolute atomic E-state index is 0.275. The van der Waals surface area contributed by atoms with Crippen molar-refractivity contribution < 1.29 is 4.39 Å². The monoisotopic (exact) mass is 364 g/mol. The van der Waals surface area contributed by atoms with Crippen molar-refractivity contribution in [1.82, 2.24) is 14.8 Å². The molecule has 7 heteroatoms. The van der Waals surface area contributed by atoms with E-state index < -0.39 is 0 Å². The number of aromatic nitrogens is 3. The van der Waals surface area contributed by atoms with Crippen LogP contribution in [0.1, 0.15) is 11.4 Å². The molecule has 3 aromatic rings. The fourth-order valence-corrected chi connectivity index (χ4v) is 2.89. The summed E-state index contributed by atoms with van der Waals surface area (Å²) in [6, 6.07) is 11.6. The number of hydrogen-bond acceptors (Lipinski definition) is 3. The maximum atomic E-state index is 13.1. The summed E-state index contributed by atoms with van der Waals surface area (Å²) >= 11 is 12.1. The van der Waals surface area contributed by atoms with E-state index in [1.54, 1.807) is 24.3 Å². The lowest BCUT2D eigenvalue weighted by Crippen LogP contribution is -2.15. The Balaban J connectivity index is 1.86. The zero-order chi connectivity index (χ0) is 17.3. The Hall–Kier alpha value is -2.11. The van der Waals surface area contributed by atoms with Crippen LogP contribution in [0, 0.1) is 5.82 Å². The molecule has 24 heavy (non-hydrogen) atoms. The lowest BCUT2D eigenvalue weighted by molar-refractivity contribution is 0.628. The van der Waals surface area contributed by atoms with Crippen LogP contribution >= 0.6 is 23.2 Å². The molecule has 0 N–H and O–H groups in total. The Morgan fingerprint density at radius 1 is 1.08 bits per heavy atom. The summed E-state index contributed by atoms with van der Waals surface area (Å²) < 4.78 is 15.0. The number of rotatable bonds is 4. The second-order valence-electron chi connectivity index (χ2n) is 5.42. The van der Waals surface area contributed by atoms with Gasteiger partial charge in [-0.3, -0.25) is 4.57 Å². The Morgan fingerprint density at radius 2 is 1.79 bits per heavy atom. The van der Waals surface area contributed by atoms with E-state index in [2.05, 4.69) is 10.2 Å². The summed E-state index contributed by atoms with van der Waals surface area (Å²) in [5.74, 6) is 1.15. The third-order valence-corrected chi connectivity index (χ3v) is 4.41. The lowest BCUT2D eigenvalue weighted by Gasteiger charge is -2.18. The number of nitrogens with zero attached hydrogens (tertiary/aromatic N) is 4. The summed E-state index contributed by atoms with van der Waals surface area (Å²) in [4.78, 5) is 1.85. The molecule has 0 atom stereocenters. The number of halogens is 3. The van der Waals surface area contributed by atoms with Crippen LogP contribution in [0.25, 0.3) is 0 Å². The molecule has 0 unspecified atom stereocenters. The molecule has 0 fully saturated rings. The molecule has 0 radical (unpaired) electrons. The molecule has 0 aliphatic heterocycles. The molecule has 3 rings (SSSR count). The highest BCUT2D eigenvalue weighted by atomic mass is 35.5. The van der Waals surface area contributed by atoms with Gasteiger partial charge in [-0.15, -0.1) is 10.2 Å². The van der Waals surface area contributed by atoms with Crippen LogP contribution in [-0.2, 0) is 13.5 Å². The fraction of sp³-hybridized carbons (Fsp3) is 0.176. The van der Waals surface area contributed by atoms with Gasteiger partial charge >= 0.3 is 0 Å². The highest BCUT2D eigenvalue weighted by Crippen LogP contribution is 2.25. The van der Waals surface area contributed by atoms with Gasteiger partial charge in [0.25, 0.3) is 0 Å². The second-order valence-corrected chi connectivity index (χ2v) is 6.27. The Bertz CT molecular complexity index is 862. The van der Waals surface area contributed by atoms with E-state index in [0.717, 1.165) is 17.1 Å². The molecule has 0 aliphatic rings. The van der Waals surface area contributed by atoms with Crippen molar-refractivity contribution in [2.75, 3.05) is 11.9 Å². The molecule has 0 amide bonds. The van der Waals surface area contributed by atoms with E-state index in [1.807, 2.05) is 29.6 Å². The molecule has 0 saturated carbocycles. The Labute approximate surface area is 149 Å². The van der Waals surface area contributed by atoms with Crippen LogP contribution in [0.15, 0.2) is 42.5 Å². The highest BCUT2D eigenvalue weighted by molar-refractivity contribution is 6.35. The van der Waals surface area contributed by atoms with E-state index in [4.69, 9.17) is 23.2 Å². The molecule has 2 aromatic carbocycles. The van der Waals surface area contributed by atoms with Crippen LogP contribution in [0.4, 0.5) is 16.0 Å². The molecule has 0 bridgehead atoms. The average molecular weight is 365 g/mol. The minimum atomic E-state index is -0.275. The van der Waals surface area contributed by atoms with Gasteiger partial charge in [0.15, 0.2) is 0 Å². The molecule has 124 valence electrons. The number of hydrogen-bond donors (Lipinski definition) is 0. The van der Waals surface area contributed by atoms with Crippen LogP contribution in [0.5, 0.6) is 0 Å². The van der Waals surface area contributed by atoms with Crippen molar-refractivity contribution in [3.63, 3.8) is 0 Å². The van der Waals surface area contributed by atoms with Crippen molar-refractivity contribution in [1.29, 1.82) is 0 Å². The largest absolute Gasteiger partial charge is 0.314 e. The van der Waals surface area contributed by atoms with Gasteiger partial charge in [0, 0.05) is 36.2 Å². The Kier molecular flexibility index (Phi) is 4.73. The van der Waals surface area contributed by atoms with Gasteiger partial charge in [-0.05, 0) is 42.0 Å². The summed E-state index contributed by atoms with van der Waals surface area (Å²) in [6.45, 7) is 0. The first-order chi connectivity index (χ1) is 11.5. The van der Waals surface area contributed by atoms with E-state index in [0.29, 0.717) is 22.4 Å². The van der Waals surface area contributed by atoms with Crippen molar-refractivity contribution >= 4 is 34.8 Å². The highest BCUT2D eigenvalue weighted by Gasteiger charge is 2.15. The smallest absolute Gasteiger partial charge is 0.231 e. The molecule has 0 saturated heterocycles. The fourth-order valence-electron chi connectivity index (χ4n) is 2.41. The van der Waals surface area contributed by atoms with Gasteiger partial charge in [-0.25, -0.2) is 4.39 Å². The second kappa shape index (κ2) is 6.79. The van der Waals surface area contributed by atoms with Gasteiger partial charge in [-0.1, -0.05) is 29.3 Å². The molecule has 1 aromatic heterocycles. The maximum absolute atomic E-state index is 13.1. The van der Waals surface area contributed by atoms with Gasteiger partial charge < -0.3 is 4.90 Å². The van der Waals surface area contributed by atoms with E-state index in [9.17, 15) is 4.39 Å². The molecule has 0 spiro atoms. The summed E-state index contributed by atoms with van der Waals surface area (Å²) in [5, 5.41) is 9.67. The molecular formula is C17H15Cl2FN4. The SMILES string of the molecule is CN(c1ccc(F)cc1)c1nnc(Cc2ccc(Cl)cc2Cl)n1C. The summed E-state index contributed by atoms with van der Waals surface area (Å²) in [6.07, 6.45) is 0.538. The predicted octanol–water partition coefficient (Wildman–Crippen LogP) is 4.62. The van der Waals surface area contributed by atoms with Gasteiger partial charge in [0.05, 0.1) is 0 Å². The van der Waals surface area contributed by atoms with Crippen molar-refractivity contribution in [3.8, 4) is 0 Å². The molecule has 0 aliphatic carbocycles. The van der Waals surface area contributed by atoms with Crippen LogP contribution in [-0.4, -0.2) is 21.8 Å². The normalized spacial score (nSPS) is 10.9. The van der Waals surface area contributed by atoms with Crippen LogP contribution in [0.3, 0.4) is 0 Å². The Morgan fingerprint density at radius 3 is 2.46 bits per heavy atom. The first kappa shape index (κ1) is 16.7. The third-order valence-electron chi connectivity index (χ3n) is 3.82. The van der Waals surface area contributed by atoms with E-state index in [-0.39, 0.29) is 5.82 Å². The van der Waals surface area contributed by atoms with Crippen molar-refractivity contribution in [2.45, 2.75) is 6.42 Å². The number of anilines is 2. The first-order valence-corrected chi connectivity index (χ1v) is 8.03. The van der Waals surface area contributed by atoms with Crippen molar-refractivity contribution in [3.05, 3.63) is 69.7 Å². The van der Waals surface area contributed by atoms with E-state index in [1.165, 1.54) is 12.1 Å². The summed E-state index contributed by atoms with van der Waals surface area (Å²) in [7, 11) is 3.74.